The Morgan fingerprint density at radius 2 is 2.00 bits per heavy atom. The molecule has 2 rings (SSSR count). The molecule has 1 heterocycles. The monoisotopic (exact) mass is 226 g/mol. The average molecular weight is 226 g/mol. The molecule has 3 heteroatoms. The second kappa shape index (κ2) is 5.48. The van der Waals surface area contributed by atoms with Crippen molar-refractivity contribution in [2.24, 2.45) is 5.41 Å². The van der Waals surface area contributed by atoms with Crippen LogP contribution >= 0.6 is 0 Å². The Morgan fingerprint density at radius 1 is 1.31 bits per heavy atom. The van der Waals surface area contributed by atoms with Gasteiger partial charge in [0.25, 0.3) is 0 Å². The zero-order valence-electron chi connectivity index (χ0n) is 10.8. The minimum Gasteiger partial charge on any atom is -0.383 e. The van der Waals surface area contributed by atoms with Crippen LogP contribution in [0.3, 0.4) is 0 Å². The molecule has 0 aromatic heterocycles. The van der Waals surface area contributed by atoms with E-state index in [2.05, 4.69) is 17.1 Å². The molecule has 0 spiro atoms. The van der Waals surface area contributed by atoms with Crippen molar-refractivity contribution in [3.63, 3.8) is 0 Å². The molecule has 1 N–H and O–H groups in total. The molecule has 0 aromatic carbocycles. The van der Waals surface area contributed by atoms with Crippen molar-refractivity contribution in [3.05, 3.63) is 0 Å². The van der Waals surface area contributed by atoms with Gasteiger partial charge in [0.15, 0.2) is 0 Å². The van der Waals surface area contributed by atoms with Crippen LogP contribution < -0.4 is 5.32 Å². The fourth-order valence-corrected chi connectivity index (χ4v) is 2.72. The second-order valence-electron chi connectivity index (χ2n) is 5.76. The molecule has 1 aliphatic carbocycles. The highest BCUT2D eigenvalue weighted by molar-refractivity contribution is 4.90. The highest BCUT2D eigenvalue weighted by Crippen LogP contribution is 2.34. The van der Waals surface area contributed by atoms with E-state index in [4.69, 9.17) is 4.74 Å². The van der Waals surface area contributed by atoms with Gasteiger partial charge in [0.1, 0.15) is 0 Å². The maximum absolute atomic E-state index is 5.22. The molecule has 94 valence electrons. The van der Waals surface area contributed by atoms with Gasteiger partial charge in [-0.05, 0) is 44.2 Å². The van der Waals surface area contributed by atoms with E-state index in [0.29, 0.717) is 5.41 Å². The number of ether oxygens (including phenoxy) is 1. The van der Waals surface area contributed by atoms with Crippen molar-refractivity contribution in [3.8, 4) is 0 Å². The highest BCUT2D eigenvalue weighted by Gasteiger charge is 2.35. The molecule has 1 saturated carbocycles. The smallest absolute Gasteiger partial charge is 0.0589 e. The van der Waals surface area contributed by atoms with Crippen LogP contribution in [0.5, 0.6) is 0 Å². The summed E-state index contributed by atoms with van der Waals surface area (Å²) in [6.45, 7) is 8.10. The summed E-state index contributed by atoms with van der Waals surface area (Å²) in [5, 5.41) is 3.46. The maximum Gasteiger partial charge on any atom is 0.0589 e. The van der Waals surface area contributed by atoms with Gasteiger partial charge < -0.3 is 10.1 Å². The van der Waals surface area contributed by atoms with Gasteiger partial charge in [0.05, 0.1) is 6.61 Å². The van der Waals surface area contributed by atoms with Crippen molar-refractivity contribution in [1.29, 1.82) is 0 Å². The summed E-state index contributed by atoms with van der Waals surface area (Å²) in [5.41, 5.74) is 0.529. The van der Waals surface area contributed by atoms with E-state index in [0.717, 1.165) is 19.2 Å². The van der Waals surface area contributed by atoms with Crippen molar-refractivity contribution in [2.45, 2.75) is 38.6 Å². The molecule has 0 bridgehead atoms. The Labute approximate surface area is 99.5 Å². The summed E-state index contributed by atoms with van der Waals surface area (Å²) < 4.78 is 5.22. The lowest BCUT2D eigenvalue weighted by Gasteiger charge is -2.38. The first-order valence-corrected chi connectivity index (χ1v) is 6.67. The van der Waals surface area contributed by atoms with Gasteiger partial charge in [-0.3, -0.25) is 4.90 Å². The Bertz CT molecular complexity index is 210. The lowest BCUT2D eigenvalue weighted by atomic mass is 9.80. The number of nitrogens with one attached hydrogen (secondary N) is 1. The van der Waals surface area contributed by atoms with Crippen molar-refractivity contribution in [2.75, 3.05) is 39.9 Å². The topological polar surface area (TPSA) is 24.5 Å². The number of nitrogens with zero attached hydrogens (tertiary/aromatic N) is 1. The van der Waals surface area contributed by atoms with Gasteiger partial charge in [0, 0.05) is 26.2 Å². The van der Waals surface area contributed by atoms with Crippen molar-refractivity contribution in [1.82, 2.24) is 10.2 Å². The van der Waals surface area contributed by atoms with Crippen LogP contribution in [0.25, 0.3) is 0 Å². The number of methoxy groups -OCH3 is 1. The third kappa shape index (κ3) is 3.44. The predicted molar refractivity (Wildman–Crippen MR) is 66.7 cm³/mol. The zero-order chi connectivity index (χ0) is 11.4. The van der Waals surface area contributed by atoms with Crippen LogP contribution in [0.4, 0.5) is 0 Å². The van der Waals surface area contributed by atoms with E-state index >= 15 is 0 Å². The van der Waals surface area contributed by atoms with Crippen LogP contribution in [-0.4, -0.2) is 50.8 Å². The molecule has 2 aliphatic rings. The first-order valence-electron chi connectivity index (χ1n) is 6.67. The molecule has 1 aliphatic heterocycles. The summed E-state index contributed by atoms with van der Waals surface area (Å²) in [6, 6.07) is 0.863. The first kappa shape index (κ1) is 12.3. The van der Waals surface area contributed by atoms with E-state index < -0.39 is 0 Å². The van der Waals surface area contributed by atoms with Crippen LogP contribution in [0.15, 0.2) is 0 Å². The van der Waals surface area contributed by atoms with Crippen LogP contribution in [0.1, 0.15) is 32.6 Å². The molecular weight excluding hydrogens is 200 g/mol. The lowest BCUT2D eigenvalue weighted by Crippen LogP contribution is -2.44. The highest BCUT2D eigenvalue weighted by atomic mass is 16.5. The van der Waals surface area contributed by atoms with E-state index in [9.17, 15) is 0 Å². The average Bonchev–Trinajstić information content (AvgIpc) is 3.09. The van der Waals surface area contributed by atoms with Crippen LogP contribution in [0.2, 0.25) is 0 Å². The minimum atomic E-state index is 0.529. The first-order chi connectivity index (χ1) is 7.73. The van der Waals surface area contributed by atoms with Gasteiger partial charge in [0.2, 0.25) is 0 Å². The quantitative estimate of drug-likeness (QED) is 0.742. The SMILES string of the molecule is COCCN(CC1(C)CCNCC1)C1CC1. The Kier molecular flexibility index (Phi) is 4.22. The Hall–Kier alpha value is -0.120. The fraction of sp³-hybridized carbons (Fsp3) is 1.00. The number of piperidine rings is 1. The zero-order valence-corrected chi connectivity index (χ0v) is 10.8. The molecule has 3 nitrogen and oxygen atoms in total. The Balaban J connectivity index is 1.83. The lowest BCUT2D eigenvalue weighted by molar-refractivity contribution is 0.0898. The fourth-order valence-electron chi connectivity index (χ4n) is 2.72. The van der Waals surface area contributed by atoms with Gasteiger partial charge >= 0.3 is 0 Å². The molecule has 0 atom stereocenters. The predicted octanol–water partition coefficient (Wildman–Crippen LogP) is 1.49. The van der Waals surface area contributed by atoms with Gasteiger partial charge in [-0.2, -0.15) is 0 Å². The van der Waals surface area contributed by atoms with E-state index in [1.165, 1.54) is 45.3 Å². The summed E-state index contributed by atoms with van der Waals surface area (Å²) in [4.78, 5) is 2.66. The second-order valence-corrected chi connectivity index (χ2v) is 5.76. The van der Waals surface area contributed by atoms with Crippen molar-refractivity contribution < 1.29 is 4.74 Å². The van der Waals surface area contributed by atoms with Gasteiger partial charge in [-0.15, -0.1) is 0 Å². The molecule has 16 heavy (non-hydrogen) atoms. The van der Waals surface area contributed by atoms with Crippen LogP contribution in [-0.2, 0) is 4.74 Å². The summed E-state index contributed by atoms with van der Waals surface area (Å²) in [5.74, 6) is 0. The summed E-state index contributed by atoms with van der Waals surface area (Å²) in [6.07, 6.45) is 5.45. The molecule has 0 aromatic rings. The minimum absolute atomic E-state index is 0.529. The van der Waals surface area contributed by atoms with Crippen LogP contribution in [0, 0.1) is 5.41 Å². The maximum atomic E-state index is 5.22. The molecule has 0 radical (unpaired) electrons. The Morgan fingerprint density at radius 3 is 2.56 bits per heavy atom. The van der Waals surface area contributed by atoms with Gasteiger partial charge in [-0.25, -0.2) is 0 Å². The number of hydrogen-bond donors (Lipinski definition) is 1. The molecule has 1 saturated heterocycles. The largest absolute Gasteiger partial charge is 0.383 e. The summed E-state index contributed by atoms with van der Waals surface area (Å²) >= 11 is 0. The molecule has 0 unspecified atom stereocenters. The standard InChI is InChI=1S/C13H26N2O/c1-13(5-7-14-8-6-13)11-15(9-10-16-2)12-3-4-12/h12,14H,3-11H2,1-2H3. The van der Waals surface area contributed by atoms with E-state index in [-0.39, 0.29) is 0 Å². The summed E-state index contributed by atoms with van der Waals surface area (Å²) in [7, 11) is 1.80. The molecule has 2 fully saturated rings. The third-order valence-electron chi connectivity index (χ3n) is 4.04. The van der Waals surface area contributed by atoms with E-state index in [1.54, 1.807) is 7.11 Å². The van der Waals surface area contributed by atoms with Crippen molar-refractivity contribution >= 4 is 0 Å². The number of hydrogen-bond acceptors (Lipinski definition) is 3. The van der Waals surface area contributed by atoms with Gasteiger partial charge in [-0.1, -0.05) is 6.92 Å². The molecular formula is C13H26N2O. The van der Waals surface area contributed by atoms with E-state index in [1.807, 2.05) is 0 Å². The third-order valence-corrected chi connectivity index (χ3v) is 4.04. The molecule has 0 amide bonds. The normalized spacial score (nSPS) is 24.9. The number of rotatable bonds is 6.